The second kappa shape index (κ2) is 10.8. The van der Waals surface area contributed by atoms with E-state index in [9.17, 15) is 13.2 Å². The summed E-state index contributed by atoms with van der Waals surface area (Å²) in [4.78, 5) is 20.2. The monoisotopic (exact) mass is 440 g/mol. The molecule has 8 nitrogen and oxygen atoms in total. The third-order valence-corrected chi connectivity index (χ3v) is 4.37. The lowest BCUT2D eigenvalue weighted by Gasteiger charge is -2.15. The van der Waals surface area contributed by atoms with Crippen LogP contribution >= 0.6 is 0 Å². The fraction of sp³-hybridized carbons (Fsp3) is 0.450. The second-order valence-electron chi connectivity index (χ2n) is 7.21. The first kappa shape index (κ1) is 24.2. The summed E-state index contributed by atoms with van der Waals surface area (Å²) < 4.78 is 31.7. The molecule has 3 rings (SSSR count). The number of carboxylic acids is 1. The van der Waals surface area contributed by atoms with Crippen molar-refractivity contribution in [2.24, 2.45) is 5.73 Å². The number of rotatable bonds is 8. The van der Waals surface area contributed by atoms with Crippen LogP contribution in [0.4, 0.5) is 36.3 Å². The molecule has 0 unspecified atom stereocenters. The van der Waals surface area contributed by atoms with E-state index in [1.54, 1.807) is 0 Å². The van der Waals surface area contributed by atoms with Gasteiger partial charge in [0.2, 0.25) is 5.95 Å². The average Bonchev–Trinajstić information content (AvgIpc) is 3.53. The van der Waals surface area contributed by atoms with Crippen molar-refractivity contribution in [1.82, 2.24) is 9.97 Å². The minimum absolute atomic E-state index is 0.608. The molecule has 11 heteroatoms. The Hall–Kier alpha value is -3.08. The minimum atomic E-state index is -5.08. The van der Waals surface area contributed by atoms with E-state index >= 15 is 0 Å². The normalized spacial score (nSPS) is 13.1. The summed E-state index contributed by atoms with van der Waals surface area (Å²) in [7, 11) is 4.05. The second-order valence-corrected chi connectivity index (χ2v) is 7.21. The maximum absolute atomic E-state index is 10.6. The molecule has 0 bridgehead atoms. The van der Waals surface area contributed by atoms with Gasteiger partial charge < -0.3 is 26.4 Å². The predicted octanol–water partition coefficient (Wildman–Crippen LogP) is 3.56. The Bertz CT molecular complexity index is 872. The summed E-state index contributed by atoms with van der Waals surface area (Å²) in [5.74, 6) is -0.596. The van der Waals surface area contributed by atoms with Gasteiger partial charge in [0.15, 0.2) is 0 Å². The summed E-state index contributed by atoms with van der Waals surface area (Å²) in [6, 6.07) is 8.20. The quantitative estimate of drug-likeness (QED) is 0.461. The summed E-state index contributed by atoms with van der Waals surface area (Å²) in [6.07, 6.45) is 0.258. The largest absolute Gasteiger partial charge is 0.490 e. The lowest BCUT2D eigenvalue weighted by Crippen LogP contribution is -2.21. The van der Waals surface area contributed by atoms with E-state index < -0.39 is 12.1 Å². The van der Waals surface area contributed by atoms with Crippen LogP contribution in [0.5, 0.6) is 0 Å². The van der Waals surface area contributed by atoms with E-state index in [1.807, 2.05) is 32.4 Å². The number of aromatic nitrogens is 2. The number of aliphatic carboxylic acids is 1. The van der Waals surface area contributed by atoms with E-state index in [0.29, 0.717) is 18.4 Å². The first-order chi connectivity index (χ1) is 14.6. The number of hydrogen-bond acceptors (Lipinski definition) is 7. The van der Waals surface area contributed by atoms with Crippen LogP contribution in [0, 0.1) is 0 Å². The molecule has 0 atom stereocenters. The maximum Gasteiger partial charge on any atom is 0.490 e. The molecule has 0 radical (unpaired) electrons. The van der Waals surface area contributed by atoms with Gasteiger partial charge in [0, 0.05) is 43.8 Å². The van der Waals surface area contributed by atoms with Crippen LogP contribution < -0.4 is 21.3 Å². The molecule has 1 saturated carbocycles. The third-order valence-electron chi connectivity index (χ3n) is 4.37. The van der Waals surface area contributed by atoms with E-state index in [4.69, 9.17) is 15.6 Å². The molecule has 0 spiro atoms. The van der Waals surface area contributed by atoms with Gasteiger partial charge in [-0.25, -0.2) is 9.78 Å². The van der Waals surface area contributed by atoms with Crippen molar-refractivity contribution < 1.29 is 23.1 Å². The van der Waals surface area contributed by atoms with Gasteiger partial charge in [-0.15, -0.1) is 0 Å². The minimum Gasteiger partial charge on any atom is -0.475 e. The Balaban J connectivity index is 0.000000423. The molecule has 1 aliphatic carbocycles. The molecule has 0 amide bonds. The number of alkyl halides is 3. The highest BCUT2D eigenvalue weighted by atomic mass is 19.4. The van der Waals surface area contributed by atoms with E-state index in [1.165, 1.54) is 18.4 Å². The first-order valence-corrected chi connectivity index (χ1v) is 9.77. The summed E-state index contributed by atoms with van der Waals surface area (Å²) in [5, 5.41) is 13.8. The van der Waals surface area contributed by atoms with Gasteiger partial charge in [-0.2, -0.15) is 18.2 Å². The molecule has 0 aliphatic heterocycles. The summed E-state index contributed by atoms with van der Waals surface area (Å²) in [5.41, 5.74) is 8.92. The Morgan fingerprint density at radius 1 is 1.32 bits per heavy atom. The van der Waals surface area contributed by atoms with Gasteiger partial charge in [0.1, 0.15) is 5.82 Å². The highest BCUT2D eigenvalue weighted by molar-refractivity contribution is 5.73. The Morgan fingerprint density at radius 3 is 2.55 bits per heavy atom. The summed E-state index contributed by atoms with van der Waals surface area (Å²) in [6.45, 7) is 1.52. The van der Waals surface area contributed by atoms with Crippen LogP contribution in [-0.2, 0) is 4.79 Å². The fourth-order valence-corrected chi connectivity index (χ4v) is 2.59. The van der Waals surface area contributed by atoms with Crippen molar-refractivity contribution in [2.45, 2.75) is 31.4 Å². The summed E-state index contributed by atoms with van der Waals surface area (Å²) >= 11 is 0. The van der Waals surface area contributed by atoms with Gasteiger partial charge in [0.05, 0.1) is 0 Å². The standard InChI is InChI=1S/C18H26N6.C2HF3O2/c1-24(2)15-6-3-5-14(11-15)22-18-21-12-16(13-7-8-13)17(23-18)20-10-4-9-19;3-2(4,5)1(6)7/h3,5-6,11-13H,4,7-10,19H2,1-2H3,(H2,20,21,22,23);(H,6,7). The van der Waals surface area contributed by atoms with Crippen molar-refractivity contribution in [1.29, 1.82) is 0 Å². The zero-order chi connectivity index (χ0) is 23.0. The fourth-order valence-electron chi connectivity index (χ4n) is 2.59. The van der Waals surface area contributed by atoms with Crippen LogP contribution in [0.1, 0.15) is 30.7 Å². The van der Waals surface area contributed by atoms with Crippen LogP contribution in [-0.4, -0.2) is 54.4 Å². The molecule has 0 saturated heterocycles. The molecule has 5 N–H and O–H groups in total. The number of carbonyl (C=O) groups is 1. The molecular weight excluding hydrogens is 413 g/mol. The van der Waals surface area contributed by atoms with Crippen molar-refractivity contribution in [2.75, 3.05) is 42.7 Å². The SMILES string of the molecule is CN(C)c1cccc(Nc2ncc(C3CC3)c(NCCCN)n2)c1.O=C(O)C(F)(F)F. The molecule has 1 aromatic carbocycles. The molecule has 1 fully saturated rings. The van der Waals surface area contributed by atoms with Gasteiger partial charge in [-0.1, -0.05) is 6.07 Å². The number of nitrogens with one attached hydrogen (secondary N) is 2. The lowest BCUT2D eigenvalue weighted by atomic mass is 10.2. The number of anilines is 4. The Labute approximate surface area is 178 Å². The van der Waals surface area contributed by atoms with E-state index in [2.05, 4.69) is 37.6 Å². The molecule has 1 aromatic heterocycles. The van der Waals surface area contributed by atoms with Gasteiger partial charge in [-0.05, 0) is 49.9 Å². The van der Waals surface area contributed by atoms with Crippen molar-refractivity contribution in [3.63, 3.8) is 0 Å². The van der Waals surface area contributed by atoms with Crippen molar-refractivity contribution in [3.05, 3.63) is 36.0 Å². The molecule has 1 aliphatic rings. The highest BCUT2D eigenvalue weighted by Crippen LogP contribution is 2.42. The van der Waals surface area contributed by atoms with Crippen LogP contribution in [0.25, 0.3) is 0 Å². The number of nitrogens with zero attached hydrogens (tertiary/aromatic N) is 3. The molecule has 1 heterocycles. The zero-order valence-electron chi connectivity index (χ0n) is 17.4. The molecular formula is C20H27F3N6O2. The van der Waals surface area contributed by atoms with E-state index in [0.717, 1.165) is 30.2 Å². The molecule has 2 aromatic rings. The maximum atomic E-state index is 10.6. The van der Waals surface area contributed by atoms with E-state index in [-0.39, 0.29) is 0 Å². The van der Waals surface area contributed by atoms with Crippen molar-refractivity contribution in [3.8, 4) is 0 Å². The van der Waals surface area contributed by atoms with Crippen LogP contribution in [0.2, 0.25) is 0 Å². The first-order valence-electron chi connectivity index (χ1n) is 9.77. The van der Waals surface area contributed by atoms with Gasteiger partial charge >= 0.3 is 12.1 Å². The molecule has 170 valence electrons. The number of nitrogens with two attached hydrogens (primary N) is 1. The molecule has 31 heavy (non-hydrogen) atoms. The third kappa shape index (κ3) is 7.93. The van der Waals surface area contributed by atoms with Crippen LogP contribution in [0.3, 0.4) is 0 Å². The zero-order valence-corrected chi connectivity index (χ0v) is 17.4. The number of hydrogen-bond donors (Lipinski definition) is 4. The van der Waals surface area contributed by atoms with Gasteiger partial charge in [-0.3, -0.25) is 0 Å². The topological polar surface area (TPSA) is 116 Å². The average molecular weight is 440 g/mol. The number of carboxylic acid groups (broad SMARTS) is 1. The van der Waals surface area contributed by atoms with Crippen LogP contribution in [0.15, 0.2) is 30.5 Å². The lowest BCUT2D eigenvalue weighted by molar-refractivity contribution is -0.192. The van der Waals surface area contributed by atoms with Gasteiger partial charge in [0.25, 0.3) is 0 Å². The smallest absolute Gasteiger partial charge is 0.475 e. The number of halogens is 3. The Kier molecular flexibility index (Phi) is 8.43. The Morgan fingerprint density at radius 2 is 2.00 bits per heavy atom. The van der Waals surface area contributed by atoms with Crippen molar-refractivity contribution >= 4 is 29.1 Å². The highest BCUT2D eigenvalue weighted by Gasteiger charge is 2.38. The number of benzene rings is 1. The predicted molar refractivity (Wildman–Crippen MR) is 114 cm³/mol.